The van der Waals surface area contributed by atoms with Crippen LogP contribution in [0, 0.1) is 16.0 Å². The minimum atomic E-state index is -0.702. The Morgan fingerprint density at radius 1 is 1.10 bits per heavy atom. The summed E-state index contributed by atoms with van der Waals surface area (Å²) in [5, 5.41) is 18.3. The van der Waals surface area contributed by atoms with Gasteiger partial charge in [0.15, 0.2) is 0 Å². The van der Waals surface area contributed by atoms with E-state index in [4.69, 9.17) is 4.74 Å². The molecule has 0 radical (unpaired) electrons. The van der Waals surface area contributed by atoms with Crippen molar-refractivity contribution in [2.45, 2.75) is 38.0 Å². The number of carbonyl (C=O) groups excluding carboxylic acids is 2. The first-order valence-electron chi connectivity index (χ1n) is 13.7. The highest BCUT2D eigenvalue weighted by atomic mass is 32.2. The molecule has 0 bridgehead atoms. The van der Waals surface area contributed by atoms with Gasteiger partial charge in [0.05, 0.1) is 16.5 Å². The number of ether oxygens (including phenoxy) is 1. The van der Waals surface area contributed by atoms with E-state index in [0.29, 0.717) is 17.4 Å². The highest BCUT2D eigenvalue weighted by molar-refractivity contribution is 8.01. The average molecular weight is 607 g/mol. The molecule has 2 amide bonds. The zero-order valence-electron chi connectivity index (χ0n) is 23.5. The SMILES string of the molecule is CC[C@H](C)[C@H](NC(=O)OCC1c2ccccc2-c2ccccc21)C(=O)NCSC/C=C\SCc1ccc([N+](=O)[O-])cn1. The lowest BCUT2D eigenvalue weighted by atomic mass is 9.98. The van der Waals surface area contributed by atoms with Crippen molar-refractivity contribution in [1.29, 1.82) is 0 Å². The number of aromatic nitrogens is 1. The number of fused-ring (bicyclic) bond motifs is 3. The van der Waals surface area contributed by atoms with Gasteiger partial charge in [0.25, 0.3) is 5.69 Å². The van der Waals surface area contributed by atoms with E-state index in [0.717, 1.165) is 34.4 Å². The van der Waals surface area contributed by atoms with E-state index >= 15 is 0 Å². The summed E-state index contributed by atoms with van der Waals surface area (Å²) < 4.78 is 5.66. The standard InChI is InChI=1S/C31H34N4O5S2/c1-3-21(2)29(30(36)33-20-42-16-8-15-41-19-22-13-14-23(17-32-22)35(38)39)34-31(37)40-18-28-26-11-6-4-9-24(26)25-10-5-7-12-27(25)28/h4-15,17,21,28-29H,3,16,18-20H2,1-2H3,(H,33,36)(H,34,37)/b15-8-/t21-,29-/m0/s1. The van der Waals surface area contributed by atoms with E-state index in [2.05, 4.69) is 39.9 Å². The Morgan fingerprint density at radius 2 is 1.79 bits per heavy atom. The third-order valence-electron chi connectivity index (χ3n) is 7.12. The van der Waals surface area contributed by atoms with E-state index in [9.17, 15) is 19.7 Å². The fourth-order valence-electron chi connectivity index (χ4n) is 4.68. The molecule has 0 unspecified atom stereocenters. The molecule has 3 aromatic rings. The van der Waals surface area contributed by atoms with Gasteiger partial charge in [-0.3, -0.25) is 19.9 Å². The van der Waals surface area contributed by atoms with E-state index < -0.39 is 17.1 Å². The molecule has 4 rings (SSSR count). The number of amides is 2. The minimum absolute atomic E-state index is 0.0261. The van der Waals surface area contributed by atoms with Crippen molar-refractivity contribution in [3.05, 3.63) is 105 Å². The smallest absolute Gasteiger partial charge is 0.407 e. The molecule has 1 aromatic heterocycles. The van der Waals surface area contributed by atoms with Crippen LogP contribution in [0.4, 0.5) is 10.5 Å². The van der Waals surface area contributed by atoms with E-state index in [1.165, 1.54) is 35.8 Å². The summed E-state index contributed by atoms with van der Waals surface area (Å²) in [6.45, 7) is 4.10. The predicted molar refractivity (Wildman–Crippen MR) is 168 cm³/mol. The predicted octanol–water partition coefficient (Wildman–Crippen LogP) is 6.50. The molecule has 2 atom stereocenters. The van der Waals surface area contributed by atoms with Crippen LogP contribution in [0.2, 0.25) is 0 Å². The maximum atomic E-state index is 13.0. The van der Waals surface area contributed by atoms with Gasteiger partial charge < -0.3 is 15.4 Å². The van der Waals surface area contributed by atoms with Crippen molar-refractivity contribution in [2.24, 2.45) is 5.92 Å². The summed E-state index contributed by atoms with van der Waals surface area (Å²) >= 11 is 3.07. The van der Waals surface area contributed by atoms with Gasteiger partial charge >= 0.3 is 6.09 Å². The molecule has 2 N–H and O–H groups in total. The van der Waals surface area contributed by atoms with Crippen molar-refractivity contribution in [3.63, 3.8) is 0 Å². The molecule has 220 valence electrons. The second kappa shape index (κ2) is 15.4. The number of nitrogens with one attached hydrogen (secondary N) is 2. The molecule has 2 aromatic carbocycles. The number of benzene rings is 2. The normalized spacial score (nSPS) is 13.7. The largest absolute Gasteiger partial charge is 0.449 e. The Labute approximate surface area is 254 Å². The van der Waals surface area contributed by atoms with Crippen LogP contribution in [-0.4, -0.2) is 46.2 Å². The number of rotatable bonds is 14. The maximum Gasteiger partial charge on any atom is 0.407 e. The number of hydrogen-bond donors (Lipinski definition) is 2. The highest BCUT2D eigenvalue weighted by Gasteiger charge is 2.30. The summed E-state index contributed by atoms with van der Waals surface area (Å²) in [6.07, 6.45) is 3.35. The lowest BCUT2D eigenvalue weighted by molar-refractivity contribution is -0.385. The Morgan fingerprint density at radius 3 is 2.40 bits per heavy atom. The molecule has 1 heterocycles. The topological polar surface area (TPSA) is 123 Å². The van der Waals surface area contributed by atoms with Crippen LogP contribution in [0.3, 0.4) is 0 Å². The van der Waals surface area contributed by atoms with Crippen LogP contribution < -0.4 is 10.6 Å². The molecule has 0 fully saturated rings. The van der Waals surface area contributed by atoms with Crippen LogP contribution in [-0.2, 0) is 15.3 Å². The van der Waals surface area contributed by atoms with Crippen LogP contribution in [0.25, 0.3) is 11.1 Å². The molecule has 0 saturated heterocycles. The molecule has 9 nitrogen and oxygen atoms in total. The first-order chi connectivity index (χ1) is 20.4. The quantitative estimate of drug-likeness (QED) is 0.0923. The van der Waals surface area contributed by atoms with E-state index in [-0.39, 0.29) is 30.0 Å². The zero-order chi connectivity index (χ0) is 29.9. The summed E-state index contributed by atoms with van der Waals surface area (Å²) in [5.41, 5.74) is 5.32. The van der Waals surface area contributed by atoms with Gasteiger partial charge in [-0.1, -0.05) is 74.9 Å². The molecular weight excluding hydrogens is 572 g/mol. The number of carbonyl (C=O) groups is 2. The third-order valence-corrected chi connectivity index (χ3v) is 8.74. The first kappa shape index (κ1) is 31.1. The number of alkyl carbamates (subject to hydrolysis) is 1. The summed E-state index contributed by atoms with van der Waals surface area (Å²) in [4.78, 5) is 40.1. The van der Waals surface area contributed by atoms with Crippen LogP contribution in [0.5, 0.6) is 0 Å². The van der Waals surface area contributed by atoms with Crippen LogP contribution >= 0.6 is 23.5 Å². The minimum Gasteiger partial charge on any atom is -0.449 e. The van der Waals surface area contributed by atoms with Gasteiger partial charge in [-0.25, -0.2) is 4.79 Å². The second-order valence-electron chi connectivity index (χ2n) is 9.84. The van der Waals surface area contributed by atoms with Gasteiger partial charge in [0.2, 0.25) is 5.91 Å². The highest BCUT2D eigenvalue weighted by Crippen LogP contribution is 2.44. The molecule has 11 heteroatoms. The lowest BCUT2D eigenvalue weighted by Gasteiger charge is -2.23. The fourth-order valence-corrected chi connectivity index (χ4v) is 6.07. The molecular formula is C31H34N4O5S2. The second-order valence-corrected chi connectivity index (χ2v) is 11.8. The number of nitrogens with zero attached hydrogens (tertiary/aromatic N) is 2. The van der Waals surface area contributed by atoms with Gasteiger partial charge in [-0.2, -0.15) is 0 Å². The first-order valence-corrected chi connectivity index (χ1v) is 15.9. The number of nitro groups is 1. The molecule has 1 aliphatic rings. The van der Waals surface area contributed by atoms with Gasteiger partial charge in [-0.15, -0.1) is 23.5 Å². The molecule has 1 aliphatic carbocycles. The van der Waals surface area contributed by atoms with E-state index in [1.54, 1.807) is 6.07 Å². The van der Waals surface area contributed by atoms with E-state index in [1.807, 2.05) is 49.6 Å². The van der Waals surface area contributed by atoms with Gasteiger partial charge in [0, 0.05) is 23.5 Å². The number of hydrogen-bond acceptors (Lipinski definition) is 8. The monoisotopic (exact) mass is 606 g/mol. The van der Waals surface area contributed by atoms with Crippen molar-refractivity contribution >= 4 is 41.2 Å². The molecule has 42 heavy (non-hydrogen) atoms. The van der Waals surface area contributed by atoms with Gasteiger partial charge in [-0.05, 0) is 39.6 Å². The van der Waals surface area contributed by atoms with Crippen molar-refractivity contribution in [3.8, 4) is 11.1 Å². The fraction of sp³-hybridized carbons (Fsp3) is 0.323. The zero-order valence-corrected chi connectivity index (χ0v) is 25.2. The molecule has 0 saturated carbocycles. The van der Waals surface area contributed by atoms with Crippen LogP contribution in [0.15, 0.2) is 78.3 Å². The number of thioether (sulfide) groups is 2. The Kier molecular flexibility index (Phi) is 11.4. The lowest BCUT2D eigenvalue weighted by Crippen LogP contribution is -2.50. The Bertz CT molecular complexity index is 1370. The van der Waals surface area contributed by atoms with Crippen molar-refractivity contribution in [2.75, 3.05) is 18.2 Å². The molecule has 0 spiro atoms. The Balaban J connectivity index is 1.19. The van der Waals surface area contributed by atoms with Crippen molar-refractivity contribution in [1.82, 2.24) is 15.6 Å². The maximum absolute atomic E-state index is 13.0. The summed E-state index contributed by atoms with van der Waals surface area (Å²) in [7, 11) is 0. The van der Waals surface area contributed by atoms with Crippen molar-refractivity contribution < 1.29 is 19.2 Å². The molecule has 0 aliphatic heterocycles. The average Bonchev–Trinajstić information content (AvgIpc) is 3.33. The third kappa shape index (κ3) is 8.13. The Hall–Kier alpha value is -3.83. The summed E-state index contributed by atoms with van der Waals surface area (Å²) in [5.74, 6) is 1.33. The summed E-state index contributed by atoms with van der Waals surface area (Å²) in [6, 6.07) is 18.7. The number of pyridine rings is 1. The van der Waals surface area contributed by atoms with Gasteiger partial charge in [0.1, 0.15) is 18.8 Å². The van der Waals surface area contributed by atoms with Crippen LogP contribution in [0.1, 0.15) is 43.0 Å².